The Labute approximate surface area is 87.5 Å². The van der Waals surface area contributed by atoms with Gasteiger partial charge in [-0.2, -0.15) is 0 Å². The molecule has 0 saturated carbocycles. The molecule has 0 aromatic rings. The molecule has 0 bridgehead atoms. The Hall–Kier alpha value is -0.720. The summed E-state index contributed by atoms with van der Waals surface area (Å²) < 4.78 is 0. The maximum absolute atomic E-state index is 9.85. The van der Waals surface area contributed by atoms with Crippen LogP contribution in [-0.4, -0.2) is 5.11 Å². The zero-order valence-corrected chi connectivity index (χ0v) is 9.80. The molecule has 0 amide bonds. The quantitative estimate of drug-likeness (QED) is 0.657. The van der Waals surface area contributed by atoms with Crippen molar-refractivity contribution in [1.82, 2.24) is 0 Å². The first kappa shape index (κ1) is 11.4. The van der Waals surface area contributed by atoms with Gasteiger partial charge < -0.3 is 5.11 Å². The van der Waals surface area contributed by atoms with Crippen molar-refractivity contribution in [3.63, 3.8) is 0 Å². The lowest BCUT2D eigenvalue weighted by molar-refractivity contribution is 0.264. The number of allylic oxidation sites excluding steroid dienone is 3. The van der Waals surface area contributed by atoms with Gasteiger partial charge in [-0.1, -0.05) is 26.0 Å². The summed E-state index contributed by atoms with van der Waals surface area (Å²) in [4.78, 5) is 0. The predicted octanol–water partition coefficient (Wildman–Crippen LogP) is 4.08. The third-order valence-corrected chi connectivity index (χ3v) is 3.49. The first-order chi connectivity index (χ1) is 6.43. The molecule has 1 N–H and O–H groups in total. The van der Waals surface area contributed by atoms with Gasteiger partial charge in [0.25, 0.3) is 0 Å². The molecule has 0 saturated heterocycles. The van der Waals surface area contributed by atoms with Gasteiger partial charge in [-0.15, -0.1) is 0 Å². The second-order valence-electron chi connectivity index (χ2n) is 4.96. The Morgan fingerprint density at radius 1 is 1.50 bits per heavy atom. The van der Waals surface area contributed by atoms with Crippen LogP contribution >= 0.6 is 0 Å². The van der Waals surface area contributed by atoms with Crippen molar-refractivity contribution in [3.05, 3.63) is 23.5 Å². The van der Waals surface area contributed by atoms with E-state index in [9.17, 15) is 5.11 Å². The topological polar surface area (TPSA) is 20.2 Å². The summed E-state index contributed by atoms with van der Waals surface area (Å²) in [6.45, 7) is 12.6. The minimum absolute atomic E-state index is 0.478. The molecule has 1 rings (SSSR count). The van der Waals surface area contributed by atoms with Crippen LogP contribution in [0.2, 0.25) is 0 Å². The Morgan fingerprint density at radius 2 is 2.07 bits per heavy atom. The van der Waals surface area contributed by atoms with Crippen LogP contribution in [0.25, 0.3) is 0 Å². The van der Waals surface area contributed by atoms with Gasteiger partial charge in [0.2, 0.25) is 0 Å². The van der Waals surface area contributed by atoms with Gasteiger partial charge >= 0.3 is 0 Å². The van der Waals surface area contributed by atoms with Gasteiger partial charge in [-0.25, -0.2) is 0 Å². The van der Waals surface area contributed by atoms with E-state index in [2.05, 4.69) is 34.3 Å². The molecular formula is C13H22O. The normalized spacial score (nSPS) is 28.4. The van der Waals surface area contributed by atoms with Gasteiger partial charge in [-0.3, -0.25) is 0 Å². The van der Waals surface area contributed by atoms with E-state index in [1.165, 1.54) is 11.1 Å². The van der Waals surface area contributed by atoms with Gasteiger partial charge in [0.1, 0.15) is 0 Å². The summed E-state index contributed by atoms with van der Waals surface area (Å²) in [5, 5.41) is 9.85. The van der Waals surface area contributed by atoms with Crippen LogP contribution in [0.3, 0.4) is 0 Å². The SMILES string of the molecule is C=C(C)C1CC(O)=C(C)C(C(C)C)C1. The molecule has 1 aliphatic rings. The maximum Gasteiger partial charge on any atom is 0.0920 e. The first-order valence-corrected chi connectivity index (χ1v) is 5.47. The fourth-order valence-electron chi connectivity index (χ4n) is 2.32. The predicted molar refractivity (Wildman–Crippen MR) is 61.2 cm³/mol. The standard InChI is InChI=1S/C13H22O/c1-8(2)11-6-12(9(3)4)10(5)13(14)7-11/h9,11-12,14H,1,6-7H2,2-5H3. The highest BCUT2D eigenvalue weighted by molar-refractivity contribution is 5.18. The summed E-state index contributed by atoms with van der Waals surface area (Å²) in [5.74, 6) is 2.22. The van der Waals surface area contributed by atoms with E-state index in [1.54, 1.807) is 0 Å². The molecule has 0 aromatic heterocycles. The highest BCUT2D eigenvalue weighted by atomic mass is 16.3. The lowest BCUT2D eigenvalue weighted by atomic mass is 9.73. The molecule has 1 aliphatic carbocycles. The van der Waals surface area contributed by atoms with E-state index in [1.807, 2.05) is 0 Å². The molecule has 2 atom stereocenters. The highest BCUT2D eigenvalue weighted by Crippen LogP contribution is 2.39. The Kier molecular flexibility index (Phi) is 3.41. The number of aliphatic hydroxyl groups excluding tert-OH is 1. The second-order valence-corrected chi connectivity index (χ2v) is 4.96. The average molecular weight is 194 g/mol. The van der Waals surface area contributed by atoms with Crippen LogP contribution in [0.1, 0.15) is 40.5 Å². The monoisotopic (exact) mass is 194 g/mol. The average Bonchev–Trinajstić information content (AvgIpc) is 2.08. The van der Waals surface area contributed by atoms with Crippen LogP contribution in [0.15, 0.2) is 23.5 Å². The van der Waals surface area contributed by atoms with E-state index < -0.39 is 0 Å². The largest absolute Gasteiger partial charge is 0.512 e. The minimum atomic E-state index is 0.478. The molecule has 0 radical (unpaired) electrons. The van der Waals surface area contributed by atoms with E-state index in [0.29, 0.717) is 23.5 Å². The fraction of sp³-hybridized carbons (Fsp3) is 0.692. The third-order valence-electron chi connectivity index (χ3n) is 3.49. The van der Waals surface area contributed by atoms with Crippen molar-refractivity contribution in [3.8, 4) is 0 Å². The Morgan fingerprint density at radius 3 is 2.50 bits per heavy atom. The van der Waals surface area contributed by atoms with Crippen molar-refractivity contribution < 1.29 is 5.11 Å². The molecular weight excluding hydrogens is 172 g/mol. The van der Waals surface area contributed by atoms with Gasteiger partial charge in [0, 0.05) is 6.42 Å². The summed E-state index contributed by atoms with van der Waals surface area (Å²) >= 11 is 0. The molecule has 1 heteroatoms. The number of rotatable bonds is 2. The van der Waals surface area contributed by atoms with E-state index in [0.717, 1.165) is 12.8 Å². The molecule has 0 aromatic carbocycles. The van der Waals surface area contributed by atoms with Crippen molar-refractivity contribution in [1.29, 1.82) is 0 Å². The van der Waals surface area contributed by atoms with E-state index in [4.69, 9.17) is 0 Å². The molecule has 0 spiro atoms. The van der Waals surface area contributed by atoms with E-state index in [-0.39, 0.29) is 0 Å². The van der Waals surface area contributed by atoms with Crippen molar-refractivity contribution in [2.75, 3.05) is 0 Å². The minimum Gasteiger partial charge on any atom is -0.512 e. The molecule has 2 unspecified atom stereocenters. The number of hydrogen-bond acceptors (Lipinski definition) is 1. The van der Waals surface area contributed by atoms with Crippen molar-refractivity contribution in [2.24, 2.45) is 17.8 Å². The fourth-order valence-corrected chi connectivity index (χ4v) is 2.32. The van der Waals surface area contributed by atoms with Crippen LogP contribution < -0.4 is 0 Å². The summed E-state index contributed by atoms with van der Waals surface area (Å²) in [5.41, 5.74) is 2.40. The zero-order chi connectivity index (χ0) is 10.9. The molecule has 14 heavy (non-hydrogen) atoms. The van der Waals surface area contributed by atoms with Gasteiger partial charge in [0.05, 0.1) is 5.76 Å². The lowest BCUT2D eigenvalue weighted by Gasteiger charge is -2.33. The summed E-state index contributed by atoms with van der Waals surface area (Å²) in [6, 6.07) is 0. The van der Waals surface area contributed by atoms with Crippen molar-refractivity contribution in [2.45, 2.75) is 40.5 Å². The molecule has 1 nitrogen and oxygen atoms in total. The molecule has 80 valence electrons. The van der Waals surface area contributed by atoms with Gasteiger partial charge in [-0.05, 0) is 43.6 Å². The smallest absolute Gasteiger partial charge is 0.0920 e. The van der Waals surface area contributed by atoms with Crippen LogP contribution in [0.4, 0.5) is 0 Å². The van der Waals surface area contributed by atoms with E-state index >= 15 is 0 Å². The van der Waals surface area contributed by atoms with Crippen LogP contribution in [0, 0.1) is 17.8 Å². The van der Waals surface area contributed by atoms with Crippen LogP contribution in [0.5, 0.6) is 0 Å². The second kappa shape index (κ2) is 4.20. The number of hydrogen-bond donors (Lipinski definition) is 1. The van der Waals surface area contributed by atoms with Gasteiger partial charge in [0.15, 0.2) is 0 Å². The van der Waals surface area contributed by atoms with Crippen LogP contribution in [-0.2, 0) is 0 Å². The first-order valence-electron chi connectivity index (χ1n) is 5.47. The Balaban J connectivity index is 2.87. The van der Waals surface area contributed by atoms with Crippen molar-refractivity contribution >= 4 is 0 Å². The molecule has 0 heterocycles. The third kappa shape index (κ3) is 2.20. The lowest BCUT2D eigenvalue weighted by Crippen LogP contribution is -2.22. The highest BCUT2D eigenvalue weighted by Gasteiger charge is 2.28. The summed E-state index contributed by atoms with van der Waals surface area (Å²) in [6.07, 6.45) is 1.95. The number of aliphatic hydroxyl groups is 1. The molecule has 0 fully saturated rings. The zero-order valence-electron chi connectivity index (χ0n) is 9.80. The Bertz CT molecular complexity index is 260. The summed E-state index contributed by atoms with van der Waals surface area (Å²) in [7, 11) is 0. The maximum atomic E-state index is 9.85. The molecule has 0 aliphatic heterocycles.